The van der Waals surface area contributed by atoms with E-state index < -0.39 is 18.3 Å². The Kier molecular flexibility index (Phi) is 3.45. The zero-order valence-electron chi connectivity index (χ0n) is 9.39. The minimum Gasteiger partial charge on any atom is -0.374 e. The number of aromatic nitrogens is 4. The van der Waals surface area contributed by atoms with Gasteiger partial charge in [-0.15, -0.1) is 5.10 Å². The van der Waals surface area contributed by atoms with Gasteiger partial charge in [-0.3, -0.25) is 0 Å². The summed E-state index contributed by atoms with van der Waals surface area (Å²) in [5, 5.41) is 12.9. The van der Waals surface area contributed by atoms with Gasteiger partial charge >= 0.3 is 0 Å². The maximum Gasteiger partial charge on any atom is 0.258 e. The van der Waals surface area contributed by atoms with Crippen LogP contribution in [0.1, 0.15) is 6.92 Å². The lowest BCUT2D eigenvalue weighted by Gasteiger charge is -2.15. The zero-order valence-corrected chi connectivity index (χ0v) is 9.39. The Balaban J connectivity index is 2.27. The van der Waals surface area contributed by atoms with E-state index in [9.17, 15) is 13.2 Å². The fraction of sp³-hybridized carbons (Fsp3) is 0.300. The van der Waals surface area contributed by atoms with E-state index in [1.165, 1.54) is 30.1 Å². The quantitative estimate of drug-likeness (QED) is 0.908. The van der Waals surface area contributed by atoms with Crippen molar-refractivity contribution in [2.45, 2.75) is 19.4 Å². The molecule has 5 nitrogen and oxygen atoms in total. The standard InChI is InChI=1S/C10H10F3N5/c1-6(10(12)13)15-9-4-7(2-3-8(9)11)18-5-14-16-17-18/h2-6,10,15H,1H3. The molecule has 1 atom stereocenters. The largest absolute Gasteiger partial charge is 0.374 e. The van der Waals surface area contributed by atoms with Gasteiger partial charge in [0.1, 0.15) is 12.1 Å². The molecule has 0 aliphatic rings. The Bertz CT molecular complexity index is 514. The van der Waals surface area contributed by atoms with Crippen molar-refractivity contribution in [3.05, 3.63) is 30.3 Å². The lowest BCUT2D eigenvalue weighted by Crippen LogP contribution is -2.24. The van der Waals surface area contributed by atoms with Crippen molar-refractivity contribution < 1.29 is 13.2 Å². The van der Waals surface area contributed by atoms with Crippen molar-refractivity contribution >= 4 is 5.69 Å². The molecule has 0 radical (unpaired) electrons. The van der Waals surface area contributed by atoms with Crippen molar-refractivity contribution in [1.82, 2.24) is 20.2 Å². The van der Waals surface area contributed by atoms with Crippen molar-refractivity contribution in [3.63, 3.8) is 0 Å². The third-order valence-corrected chi connectivity index (χ3v) is 2.32. The number of nitrogens with zero attached hydrogens (tertiary/aromatic N) is 4. The Morgan fingerprint density at radius 3 is 2.72 bits per heavy atom. The van der Waals surface area contributed by atoms with Gasteiger partial charge < -0.3 is 5.32 Å². The van der Waals surface area contributed by atoms with Crippen LogP contribution >= 0.6 is 0 Å². The van der Waals surface area contributed by atoms with Crippen LogP contribution in [0.4, 0.5) is 18.9 Å². The Labute approximate surface area is 101 Å². The number of rotatable bonds is 4. The van der Waals surface area contributed by atoms with E-state index >= 15 is 0 Å². The molecule has 0 amide bonds. The first-order valence-corrected chi connectivity index (χ1v) is 5.15. The number of alkyl halides is 2. The summed E-state index contributed by atoms with van der Waals surface area (Å²) in [6, 6.07) is 2.83. The maximum atomic E-state index is 13.5. The molecule has 0 aliphatic heterocycles. The van der Waals surface area contributed by atoms with Crippen molar-refractivity contribution in [1.29, 1.82) is 0 Å². The van der Waals surface area contributed by atoms with E-state index in [1.54, 1.807) is 0 Å². The molecule has 0 fully saturated rings. The normalized spacial score (nSPS) is 12.7. The fourth-order valence-electron chi connectivity index (χ4n) is 1.35. The van der Waals surface area contributed by atoms with Gasteiger partial charge in [0.2, 0.25) is 0 Å². The molecule has 0 aliphatic carbocycles. The minimum atomic E-state index is -2.58. The van der Waals surface area contributed by atoms with E-state index in [-0.39, 0.29) is 5.69 Å². The van der Waals surface area contributed by atoms with E-state index in [2.05, 4.69) is 20.8 Å². The third kappa shape index (κ3) is 2.58. The van der Waals surface area contributed by atoms with E-state index in [1.807, 2.05) is 0 Å². The molecule has 0 saturated heterocycles. The third-order valence-electron chi connectivity index (χ3n) is 2.32. The smallest absolute Gasteiger partial charge is 0.258 e. The number of benzene rings is 1. The molecule has 1 aromatic carbocycles. The molecular formula is C10H10F3N5. The highest BCUT2D eigenvalue weighted by Gasteiger charge is 2.16. The SMILES string of the molecule is CC(Nc1cc(-n2cnnn2)ccc1F)C(F)F. The summed E-state index contributed by atoms with van der Waals surface area (Å²) >= 11 is 0. The lowest BCUT2D eigenvalue weighted by molar-refractivity contribution is 0.130. The van der Waals surface area contributed by atoms with Gasteiger partial charge in [-0.1, -0.05) is 0 Å². The average Bonchev–Trinajstić information content (AvgIpc) is 2.85. The Hall–Kier alpha value is -2.12. The van der Waals surface area contributed by atoms with Crippen LogP contribution < -0.4 is 5.32 Å². The highest BCUT2D eigenvalue weighted by Crippen LogP contribution is 2.20. The number of hydrogen-bond acceptors (Lipinski definition) is 4. The molecule has 18 heavy (non-hydrogen) atoms. The predicted molar refractivity (Wildman–Crippen MR) is 58.2 cm³/mol. The summed E-state index contributed by atoms with van der Waals surface area (Å²) in [6.07, 6.45) is -1.26. The highest BCUT2D eigenvalue weighted by molar-refractivity contribution is 5.52. The molecular weight excluding hydrogens is 247 g/mol. The van der Waals surface area contributed by atoms with E-state index in [0.29, 0.717) is 5.69 Å². The molecule has 0 saturated carbocycles. The van der Waals surface area contributed by atoms with Crippen LogP contribution in [0.15, 0.2) is 24.5 Å². The van der Waals surface area contributed by atoms with Crippen LogP contribution in [-0.4, -0.2) is 32.7 Å². The van der Waals surface area contributed by atoms with Gasteiger partial charge in [-0.2, -0.15) is 0 Å². The van der Waals surface area contributed by atoms with E-state index in [0.717, 1.165) is 6.07 Å². The predicted octanol–water partition coefficient (Wildman–Crippen LogP) is 1.87. The summed E-state index contributed by atoms with van der Waals surface area (Å²) in [6.45, 7) is 1.27. The molecule has 0 bridgehead atoms. The van der Waals surface area contributed by atoms with Crippen molar-refractivity contribution in [2.75, 3.05) is 5.32 Å². The number of tetrazole rings is 1. The molecule has 1 aromatic heterocycles. The topological polar surface area (TPSA) is 55.6 Å². The maximum absolute atomic E-state index is 13.5. The van der Waals surface area contributed by atoms with Crippen molar-refractivity contribution in [2.24, 2.45) is 0 Å². The molecule has 1 unspecified atom stereocenters. The molecule has 96 valence electrons. The van der Waals surface area contributed by atoms with Crippen LogP contribution in [0, 0.1) is 5.82 Å². The Morgan fingerprint density at radius 2 is 2.11 bits per heavy atom. The fourth-order valence-corrected chi connectivity index (χ4v) is 1.35. The van der Waals surface area contributed by atoms with Crippen LogP contribution in [-0.2, 0) is 0 Å². The molecule has 2 aromatic rings. The lowest BCUT2D eigenvalue weighted by atomic mass is 10.2. The second kappa shape index (κ2) is 5.03. The summed E-state index contributed by atoms with van der Waals surface area (Å²) in [5.74, 6) is -0.612. The van der Waals surface area contributed by atoms with Gasteiger partial charge in [-0.05, 0) is 35.5 Å². The first-order valence-electron chi connectivity index (χ1n) is 5.15. The Morgan fingerprint density at radius 1 is 1.33 bits per heavy atom. The number of anilines is 1. The van der Waals surface area contributed by atoms with Gasteiger partial charge in [0.05, 0.1) is 17.4 Å². The summed E-state index contributed by atoms with van der Waals surface area (Å²) in [7, 11) is 0. The molecule has 8 heteroatoms. The monoisotopic (exact) mass is 257 g/mol. The van der Waals surface area contributed by atoms with Gasteiger partial charge in [0.15, 0.2) is 0 Å². The number of hydrogen-bond donors (Lipinski definition) is 1. The zero-order chi connectivity index (χ0) is 13.1. The molecule has 2 rings (SSSR count). The van der Waals surface area contributed by atoms with Crippen LogP contribution in [0.25, 0.3) is 5.69 Å². The second-order valence-electron chi connectivity index (χ2n) is 3.69. The molecule has 1 heterocycles. The van der Waals surface area contributed by atoms with E-state index in [4.69, 9.17) is 0 Å². The van der Waals surface area contributed by atoms with Crippen molar-refractivity contribution in [3.8, 4) is 5.69 Å². The van der Waals surface area contributed by atoms with Crippen LogP contribution in [0.2, 0.25) is 0 Å². The first kappa shape index (κ1) is 12.3. The number of halogens is 3. The highest BCUT2D eigenvalue weighted by atomic mass is 19.3. The van der Waals surface area contributed by atoms with Crippen LogP contribution in [0.5, 0.6) is 0 Å². The van der Waals surface area contributed by atoms with Gasteiger partial charge in [0, 0.05) is 0 Å². The average molecular weight is 257 g/mol. The first-order chi connectivity index (χ1) is 8.58. The van der Waals surface area contributed by atoms with Gasteiger partial charge in [0.25, 0.3) is 6.43 Å². The summed E-state index contributed by atoms with van der Waals surface area (Å²) < 4.78 is 39.6. The summed E-state index contributed by atoms with van der Waals surface area (Å²) in [5.41, 5.74) is 0.459. The van der Waals surface area contributed by atoms with Crippen LogP contribution in [0.3, 0.4) is 0 Å². The summed E-state index contributed by atoms with van der Waals surface area (Å²) in [4.78, 5) is 0. The number of nitrogens with one attached hydrogen (secondary N) is 1. The molecule has 0 spiro atoms. The van der Waals surface area contributed by atoms with Gasteiger partial charge in [-0.25, -0.2) is 17.9 Å². The minimum absolute atomic E-state index is 0.0178. The second-order valence-corrected chi connectivity index (χ2v) is 3.69. The molecule has 1 N–H and O–H groups in total.